The Balaban J connectivity index is 2.07. The molecule has 0 aliphatic heterocycles. The van der Waals surface area contributed by atoms with Crippen molar-refractivity contribution in [2.24, 2.45) is 5.92 Å². The van der Waals surface area contributed by atoms with Crippen molar-refractivity contribution >= 4 is 29.0 Å². The number of non-ortho nitro benzene ring substituents is 1. The van der Waals surface area contributed by atoms with Crippen molar-refractivity contribution < 1.29 is 14.5 Å². The summed E-state index contributed by atoms with van der Waals surface area (Å²) in [5, 5.41) is 14.4. The number of aryl methyl sites for hydroxylation is 1. The molecule has 1 aromatic heterocycles. The number of benzene rings is 1. The number of aromatic nitrogens is 2. The number of rotatable bonds is 8. The Morgan fingerprint density at radius 2 is 2.11 bits per heavy atom. The standard InChI is InChI=1S/C18H24N4O4S/c1-11(2)9-21-13(4)12(3)19-18(21)27-10-17(23)20-15-7-6-14(22(24)25)8-16(15)26-5/h6-8,11H,9-10H2,1-5H3,(H,20,23). The molecule has 0 atom stereocenters. The van der Waals surface area contributed by atoms with Crippen molar-refractivity contribution in [1.29, 1.82) is 0 Å². The Hall–Kier alpha value is -2.55. The Labute approximate surface area is 162 Å². The van der Waals surface area contributed by atoms with Gasteiger partial charge in [-0.1, -0.05) is 25.6 Å². The number of carbonyl (C=O) groups excluding carboxylic acids is 1. The lowest BCUT2D eigenvalue weighted by molar-refractivity contribution is -0.384. The number of thioether (sulfide) groups is 1. The van der Waals surface area contributed by atoms with E-state index in [1.165, 1.54) is 37.1 Å². The normalized spacial score (nSPS) is 10.9. The Morgan fingerprint density at radius 3 is 2.70 bits per heavy atom. The van der Waals surface area contributed by atoms with Crippen molar-refractivity contribution in [2.45, 2.75) is 39.4 Å². The average Bonchev–Trinajstić information content (AvgIpc) is 2.87. The molecule has 0 saturated carbocycles. The van der Waals surface area contributed by atoms with E-state index in [4.69, 9.17) is 4.74 Å². The molecule has 0 radical (unpaired) electrons. The molecule has 0 aliphatic carbocycles. The van der Waals surface area contributed by atoms with Crippen LogP contribution < -0.4 is 10.1 Å². The van der Waals surface area contributed by atoms with Crippen LogP contribution in [0.3, 0.4) is 0 Å². The zero-order valence-electron chi connectivity index (χ0n) is 16.1. The second-order valence-electron chi connectivity index (χ2n) is 6.55. The monoisotopic (exact) mass is 392 g/mol. The molecular formula is C18H24N4O4S. The fourth-order valence-corrected chi connectivity index (χ4v) is 3.43. The zero-order chi connectivity index (χ0) is 20.1. The van der Waals surface area contributed by atoms with Gasteiger partial charge < -0.3 is 14.6 Å². The van der Waals surface area contributed by atoms with Crippen molar-refractivity contribution in [1.82, 2.24) is 9.55 Å². The van der Waals surface area contributed by atoms with Crippen LogP contribution >= 0.6 is 11.8 Å². The summed E-state index contributed by atoms with van der Waals surface area (Å²) in [5.74, 6) is 0.653. The van der Waals surface area contributed by atoms with Gasteiger partial charge in [-0.25, -0.2) is 4.98 Å². The highest BCUT2D eigenvalue weighted by molar-refractivity contribution is 7.99. The zero-order valence-corrected chi connectivity index (χ0v) is 16.9. The molecule has 1 N–H and O–H groups in total. The van der Waals surface area contributed by atoms with E-state index in [0.717, 1.165) is 23.1 Å². The van der Waals surface area contributed by atoms with Crippen LogP contribution in [0.25, 0.3) is 0 Å². The first-order valence-corrected chi connectivity index (χ1v) is 9.50. The van der Waals surface area contributed by atoms with E-state index in [9.17, 15) is 14.9 Å². The number of nitro groups is 1. The van der Waals surface area contributed by atoms with E-state index < -0.39 is 4.92 Å². The van der Waals surface area contributed by atoms with Crippen LogP contribution in [0.4, 0.5) is 11.4 Å². The Kier molecular flexibility index (Phi) is 6.84. The van der Waals surface area contributed by atoms with Gasteiger partial charge in [0.05, 0.1) is 35.2 Å². The van der Waals surface area contributed by atoms with Gasteiger partial charge in [-0.05, 0) is 25.8 Å². The molecule has 0 bridgehead atoms. The molecule has 27 heavy (non-hydrogen) atoms. The van der Waals surface area contributed by atoms with Gasteiger partial charge in [-0.2, -0.15) is 0 Å². The number of methoxy groups -OCH3 is 1. The largest absolute Gasteiger partial charge is 0.494 e. The number of nitrogens with zero attached hydrogens (tertiary/aromatic N) is 3. The molecule has 0 fully saturated rings. The molecular weight excluding hydrogens is 368 g/mol. The van der Waals surface area contributed by atoms with Crippen LogP contribution in [0.5, 0.6) is 5.75 Å². The summed E-state index contributed by atoms with van der Waals surface area (Å²) in [4.78, 5) is 27.2. The van der Waals surface area contributed by atoms with Gasteiger partial charge in [0.15, 0.2) is 5.16 Å². The van der Waals surface area contributed by atoms with Gasteiger partial charge in [-0.15, -0.1) is 0 Å². The molecule has 146 valence electrons. The van der Waals surface area contributed by atoms with E-state index in [1.54, 1.807) is 0 Å². The number of carbonyl (C=O) groups is 1. The van der Waals surface area contributed by atoms with Crippen LogP contribution in [-0.4, -0.2) is 33.2 Å². The van der Waals surface area contributed by atoms with Crippen LogP contribution in [0.15, 0.2) is 23.4 Å². The van der Waals surface area contributed by atoms with Crippen LogP contribution in [0.2, 0.25) is 0 Å². The predicted molar refractivity (Wildman–Crippen MR) is 106 cm³/mol. The molecule has 0 spiro atoms. The third-order valence-corrected chi connectivity index (χ3v) is 4.95. The maximum atomic E-state index is 12.3. The lowest BCUT2D eigenvalue weighted by Crippen LogP contribution is -2.16. The molecule has 1 aromatic carbocycles. The number of nitrogens with one attached hydrogen (secondary N) is 1. The third-order valence-electron chi connectivity index (χ3n) is 3.97. The molecule has 0 aliphatic rings. The quantitative estimate of drug-likeness (QED) is 0.417. The molecule has 2 rings (SSSR count). The first-order chi connectivity index (χ1) is 12.7. The van der Waals surface area contributed by atoms with Crippen molar-refractivity contribution in [3.8, 4) is 5.75 Å². The van der Waals surface area contributed by atoms with Crippen molar-refractivity contribution in [2.75, 3.05) is 18.2 Å². The third kappa shape index (κ3) is 5.22. The number of amides is 1. The summed E-state index contributed by atoms with van der Waals surface area (Å²) in [5.41, 5.74) is 2.35. The summed E-state index contributed by atoms with van der Waals surface area (Å²) < 4.78 is 7.27. The van der Waals surface area contributed by atoms with Crippen LogP contribution in [-0.2, 0) is 11.3 Å². The Bertz CT molecular complexity index is 848. The summed E-state index contributed by atoms with van der Waals surface area (Å²) >= 11 is 1.36. The van der Waals surface area contributed by atoms with Crippen LogP contribution in [0, 0.1) is 29.9 Å². The molecule has 2 aromatic rings. The number of anilines is 1. The summed E-state index contributed by atoms with van der Waals surface area (Å²) in [6.07, 6.45) is 0. The number of hydrogen-bond donors (Lipinski definition) is 1. The Morgan fingerprint density at radius 1 is 1.41 bits per heavy atom. The van der Waals surface area contributed by atoms with E-state index in [2.05, 4.69) is 28.7 Å². The highest BCUT2D eigenvalue weighted by Gasteiger charge is 2.16. The minimum Gasteiger partial charge on any atom is -0.494 e. The molecule has 1 amide bonds. The minimum atomic E-state index is -0.511. The lowest BCUT2D eigenvalue weighted by atomic mass is 10.2. The first kappa shape index (κ1) is 20.8. The van der Waals surface area contributed by atoms with Crippen LogP contribution in [0.1, 0.15) is 25.2 Å². The maximum absolute atomic E-state index is 12.3. The molecule has 9 heteroatoms. The maximum Gasteiger partial charge on any atom is 0.273 e. The molecule has 1 heterocycles. The summed E-state index contributed by atoms with van der Waals surface area (Å²) in [7, 11) is 1.40. The number of nitro benzene ring substituents is 1. The van der Waals surface area contributed by atoms with Gasteiger partial charge in [-0.3, -0.25) is 14.9 Å². The SMILES string of the molecule is COc1cc([N+](=O)[O-])ccc1NC(=O)CSc1nc(C)c(C)n1CC(C)C. The lowest BCUT2D eigenvalue weighted by Gasteiger charge is -2.13. The minimum absolute atomic E-state index is 0.0964. The first-order valence-electron chi connectivity index (χ1n) is 8.51. The second-order valence-corrected chi connectivity index (χ2v) is 7.49. The fraction of sp³-hybridized carbons (Fsp3) is 0.444. The fourth-order valence-electron chi connectivity index (χ4n) is 2.53. The van der Waals surface area contributed by atoms with E-state index >= 15 is 0 Å². The highest BCUT2D eigenvalue weighted by Crippen LogP contribution is 2.29. The molecule has 8 nitrogen and oxygen atoms in total. The van der Waals surface area contributed by atoms with E-state index in [1.807, 2.05) is 13.8 Å². The predicted octanol–water partition coefficient (Wildman–Crippen LogP) is 3.80. The topological polar surface area (TPSA) is 99.3 Å². The summed E-state index contributed by atoms with van der Waals surface area (Å²) in [6, 6.07) is 4.08. The number of hydrogen-bond acceptors (Lipinski definition) is 6. The summed E-state index contributed by atoms with van der Waals surface area (Å²) in [6.45, 7) is 9.09. The van der Waals surface area contributed by atoms with E-state index in [0.29, 0.717) is 11.6 Å². The number of imidazole rings is 1. The van der Waals surface area contributed by atoms with Gasteiger partial charge in [0.1, 0.15) is 5.75 Å². The van der Waals surface area contributed by atoms with Gasteiger partial charge >= 0.3 is 0 Å². The smallest absolute Gasteiger partial charge is 0.273 e. The van der Waals surface area contributed by atoms with Gasteiger partial charge in [0, 0.05) is 18.3 Å². The second kappa shape index (κ2) is 8.90. The van der Waals surface area contributed by atoms with Gasteiger partial charge in [0.25, 0.3) is 5.69 Å². The van der Waals surface area contributed by atoms with E-state index in [-0.39, 0.29) is 23.1 Å². The number of ether oxygens (including phenoxy) is 1. The molecule has 0 unspecified atom stereocenters. The highest BCUT2D eigenvalue weighted by atomic mass is 32.2. The molecule has 0 saturated heterocycles. The van der Waals surface area contributed by atoms with Crippen molar-refractivity contribution in [3.05, 3.63) is 39.7 Å². The van der Waals surface area contributed by atoms with Gasteiger partial charge in [0.2, 0.25) is 5.91 Å². The van der Waals surface area contributed by atoms with Crippen molar-refractivity contribution in [3.63, 3.8) is 0 Å². The average molecular weight is 392 g/mol.